The minimum absolute atomic E-state index is 0.286. The summed E-state index contributed by atoms with van der Waals surface area (Å²) in [7, 11) is 1.53. The second-order valence-electron chi connectivity index (χ2n) is 7.77. The minimum Gasteiger partial charge on any atom is -0.493 e. The van der Waals surface area contributed by atoms with Crippen molar-refractivity contribution in [2.45, 2.75) is 6.61 Å². The molecule has 0 aliphatic rings. The second kappa shape index (κ2) is 12.1. The molecule has 0 aromatic heterocycles. The molecule has 0 fully saturated rings. The Morgan fingerprint density at radius 1 is 0.973 bits per heavy atom. The Hall–Kier alpha value is -3.59. The average Bonchev–Trinajstić information content (AvgIpc) is 2.87. The van der Waals surface area contributed by atoms with Crippen LogP contribution >= 0.6 is 39.1 Å². The van der Waals surface area contributed by atoms with Gasteiger partial charge in [-0.15, -0.1) is 0 Å². The highest BCUT2D eigenvalue weighted by Crippen LogP contribution is 2.37. The van der Waals surface area contributed by atoms with Crippen LogP contribution in [0.5, 0.6) is 11.5 Å². The molecule has 0 heterocycles. The van der Waals surface area contributed by atoms with Crippen molar-refractivity contribution in [2.75, 3.05) is 12.4 Å². The Balaban J connectivity index is 1.41. The van der Waals surface area contributed by atoms with Crippen molar-refractivity contribution in [3.8, 4) is 11.5 Å². The molecule has 2 amide bonds. The standard InChI is InChI=1S/C27H20BrCl2N3O4/c1-36-24-10-16(14-31-33-27(35)26(34)32-21-12-19(29)11-20(30)13-21)9-23(28)25(24)37-15-18-7-4-6-17-5-2-3-8-22(17)18/h2-14H,15H2,1H3,(H,32,34)(H,33,35). The van der Waals surface area contributed by atoms with Crippen LogP contribution in [0, 0.1) is 0 Å². The Morgan fingerprint density at radius 2 is 1.70 bits per heavy atom. The van der Waals surface area contributed by atoms with Gasteiger partial charge in [0.25, 0.3) is 0 Å². The van der Waals surface area contributed by atoms with Crippen LogP contribution in [0.4, 0.5) is 5.69 Å². The van der Waals surface area contributed by atoms with E-state index in [2.05, 4.69) is 50.0 Å². The predicted octanol–water partition coefficient (Wildman–Crippen LogP) is 6.59. The molecule has 37 heavy (non-hydrogen) atoms. The number of benzene rings is 4. The molecule has 0 bridgehead atoms. The van der Waals surface area contributed by atoms with Crippen molar-refractivity contribution < 1.29 is 19.1 Å². The SMILES string of the molecule is COc1cc(C=NNC(=O)C(=O)Nc2cc(Cl)cc(Cl)c2)cc(Br)c1OCc1cccc2ccccc12. The first-order chi connectivity index (χ1) is 17.8. The van der Waals surface area contributed by atoms with Crippen LogP contribution in [0.3, 0.4) is 0 Å². The topological polar surface area (TPSA) is 89.0 Å². The summed E-state index contributed by atoms with van der Waals surface area (Å²) < 4.78 is 12.2. The normalized spacial score (nSPS) is 10.9. The molecule has 0 aliphatic heterocycles. The van der Waals surface area contributed by atoms with Crippen LogP contribution in [0.1, 0.15) is 11.1 Å². The Morgan fingerprint density at radius 3 is 2.46 bits per heavy atom. The summed E-state index contributed by atoms with van der Waals surface area (Å²) in [6.45, 7) is 0.340. The van der Waals surface area contributed by atoms with Crippen molar-refractivity contribution in [3.05, 3.63) is 98.4 Å². The van der Waals surface area contributed by atoms with Crippen LogP contribution < -0.4 is 20.2 Å². The Labute approximate surface area is 231 Å². The summed E-state index contributed by atoms with van der Waals surface area (Å²) in [5.41, 5.74) is 4.11. The third-order valence-electron chi connectivity index (χ3n) is 5.21. The third-order valence-corrected chi connectivity index (χ3v) is 6.24. The smallest absolute Gasteiger partial charge is 0.329 e. The zero-order chi connectivity index (χ0) is 26.4. The van der Waals surface area contributed by atoms with Crippen molar-refractivity contribution in [2.24, 2.45) is 5.10 Å². The molecule has 2 N–H and O–H groups in total. The first kappa shape index (κ1) is 26.5. The highest BCUT2D eigenvalue weighted by atomic mass is 79.9. The number of anilines is 1. The lowest BCUT2D eigenvalue weighted by Crippen LogP contribution is -2.32. The van der Waals surface area contributed by atoms with Gasteiger partial charge in [-0.25, -0.2) is 5.43 Å². The number of hydrogen-bond acceptors (Lipinski definition) is 5. The molecular weight excluding hydrogens is 581 g/mol. The Kier molecular flexibility index (Phi) is 8.66. The molecule has 0 atom stereocenters. The molecule has 0 aliphatic carbocycles. The average molecular weight is 601 g/mol. The van der Waals surface area contributed by atoms with Crippen LogP contribution in [0.15, 0.2) is 82.4 Å². The third kappa shape index (κ3) is 6.80. The maximum atomic E-state index is 12.1. The number of methoxy groups -OCH3 is 1. The number of nitrogens with one attached hydrogen (secondary N) is 2. The summed E-state index contributed by atoms with van der Waals surface area (Å²) >= 11 is 15.3. The van der Waals surface area contributed by atoms with Crippen molar-refractivity contribution in [1.82, 2.24) is 5.43 Å². The summed E-state index contributed by atoms with van der Waals surface area (Å²) in [6, 6.07) is 22.1. The van der Waals surface area contributed by atoms with Crippen molar-refractivity contribution in [3.63, 3.8) is 0 Å². The lowest BCUT2D eigenvalue weighted by molar-refractivity contribution is -0.136. The summed E-state index contributed by atoms with van der Waals surface area (Å²) in [5, 5.41) is 9.16. The van der Waals surface area contributed by atoms with Gasteiger partial charge in [0.2, 0.25) is 0 Å². The number of carbonyl (C=O) groups excluding carboxylic acids is 2. The van der Waals surface area contributed by atoms with Crippen molar-refractivity contribution >= 4 is 73.6 Å². The van der Waals surface area contributed by atoms with Gasteiger partial charge in [0, 0.05) is 15.7 Å². The number of fused-ring (bicyclic) bond motifs is 1. The van der Waals surface area contributed by atoms with E-state index < -0.39 is 11.8 Å². The van der Waals surface area contributed by atoms with E-state index >= 15 is 0 Å². The maximum absolute atomic E-state index is 12.1. The highest BCUT2D eigenvalue weighted by Gasteiger charge is 2.15. The molecule has 10 heteroatoms. The van der Waals surface area contributed by atoms with Gasteiger partial charge in [0.05, 0.1) is 17.8 Å². The quantitative estimate of drug-likeness (QED) is 0.142. The van der Waals surface area contributed by atoms with E-state index in [0.29, 0.717) is 38.2 Å². The molecule has 0 saturated carbocycles. The number of hydrogen-bond donors (Lipinski definition) is 2. The molecule has 0 spiro atoms. The number of halogens is 3. The van der Waals surface area contributed by atoms with Crippen LogP contribution in [-0.2, 0) is 16.2 Å². The summed E-state index contributed by atoms with van der Waals surface area (Å²) in [4.78, 5) is 24.2. The Bertz CT molecular complexity index is 1490. The summed E-state index contributed by atoms with van der Waals surface area (Å²) in [5.74, 6) is -0.894. The first-order valence-corrected chi connectivity index (χ1v) is 12.5. The molecule has 4 rings (SSSR count). The van der Waals surface area contributed by atoms with Gasteiger partial charge in [-0.2, -0.15) is 5.10 Å². The lowest BCUT2D eigenvalue weighted by atomic mass is 10.1. The fourth-order valence-electron chi connectivity index (χ4n) is 3.55. The van der Waals surface area contributed by atoms with Crippen molar-refractivity contribution in [1.29, 1.82) is 0 Å². The highest BCUT2D eigenvalue weighted by molar-refractivity contribution is 9.10. The van der Waals surface area contributed by atoms with Gasteiger partial charge in [-0.05, 0) is 68.2 Å². The van der Waals surface area contributed by atoms with Crippen LogP contribution in [0.25, 0.3) is 10.8 Å². The molecule has 188 valence electrons. The van der Waals surface area contributed by atoms with E-state index in [1.54, 1.807) is 12.1 Å². The van der Waals surface area contributed by atoms with Crippen LogP contribution in [-0.4, -0.2) is 25.1 Å². The number of ether oxygens (including phenoxy) is 2. The van der Waals surface area contributed by atoms with Gasteiger partial charge in [-0.1, -0.05) is 65.7 Å². The lowest BCUT2D eigenvalue weighted by Gasteiger charge is -2.14. The molecule has 7 nitrogen and oxygen atoms in total. The largest absolute Gasteiger partial charge is 0.493 e. The first-order valence-electron chi connectivity index (χ1n) is 10.9. The molecule has 4 aromatic carbocycles. The molecule has 0 saturated heterocycles. The van der Waals surface area contributed by atoms with E-state index in [9.17, 15) is 9.59 Å². The van der Waals surface area contributed by atoms with E-state index in [4.69, 9.17) is 32.7 Å². The zero-order valence-corrected chi connectivity index (χ0v) is 22.5. The molecule has 4 aromatic rings. The molecule has 0 radical (unpaired) electrons. The fourth-order valence-corrected chi connectivity index (χ4v) is 4.65. The van der Waals surface area contributed by atoms with Crippen LogP contribution in [0.2, 0.25) is 10.0 Å². The number of nitrogens with zero attached hydrogens (tertiary/aromatic N) is 1. The second-order valence-corrected chi connectivity index (χ2v) is 9.50. The van der Waals surface area contributed by atoms with Gasteiger partial charge in [-0.3, -0.25) is 9.59 Å². The predicted molar refractivity (Wildman–Crippen MR) is 150 cm³/mol. The van der Waals surface area contributed by atoms with Gasteiger partial charge in [0.15, 0.2) is 11.5 Å². The zero-order valence-electron chi connectivity index (χ0n) is 19.4. The molecular formula is C27H20BrCl2N3O4. The van der Waals surface area contributed by atoms with Gasteiger partial charge in [0.1, 0.15) is 6.61 Å². The van der Waals surface area contributed by atoms with Gasteiger partial charge < -0.3 is 14.8 Å². The number of hydrazone groups is 1. The number of amides is 2. The van der Waals surface area contributed by atoms with E-state index in [0.717, 1.165) is 16.3 Å². The van der Waals surface area contributed by atoms with Gasteiger partial charge >= 0.3 is 11.8 Å². The summed E-state index contributed by atoms with van der Waals surface area (Å²) in [6.07, 6.45) is 1.38. The minimum atomic E-state index is -0.964. The fraction of sp³-hybridized carbons (Fsp3) is 0.0741. The molecule has 0 unspecified atom stereocenters. The van der Waals surface area contributed by atoms with E-state index in [-0.39, 0.29) is 5.69 Å². The number of carbonyl (C=O) groups is 2. The maximum Gasteiger partial charge on any atom is 0.329 e. The van der Waals surface area contributed by atoms with E-state index in [1.807, 2.05) is 24.3 Å². The number of rotatable bonds is 7. The monoisotopic (exact) mass is 599 g/mol. The van der Waals surface area contributed by atoms with E-state index in [1.165, 1.54) is 31.5 Å².